The van der Waals surface area contributed by atoms with E-state index in [1.807, 2.05) is 0 Å². The fourth-order valence-corrected chi connectivity index (χ4v) is 11.3. The van der Waals surface area contributed by atoms with Crippen molar-refractivity contribution in [3.8, 4) is 66.8 Å². The normalized spacial score (nSPS) is 12.7. The van der Waals surface area contributed by atoms with Crippen molar-refractivity contribution in [2.24, 2.45) is 0 Å². The average Bonchev–Trinajstić information content (AvgIpc) is 3.86. The maximum Gasteiger partial charge on any atom is 0.0726 e. The lowest BCUT2D eigenvalue weighted by molar-refractivity contribution is 0.793. The first-order valence-electron chi connectivity index (χ1n) is 22.9. The van der Waals surface area contributed by atoms with E-state index in [0.29, 0.717) is 0 Å². The number of anilines is 3. The first-order chi connectivity index (χ1) is 32.8. The van der Waals surface area contributed by atoms with Gasteiger partial charge in [-0.1, -0.05) is 231 Å². The highest BCUT2D eigenvalue weighted by Gasteiger charge is 2.51. The molecule has 2 aliphatic carbocycles. The van der Waals surface area contributed by atoms with Gasteiger partial charge in [0.25, 0.3) is 0 Å². The Morgan fingerprint density at radius 3 is 1.35 bits per heavy atom. The summed E-state index contributed by atoms with van der Waals surface area (Å²) >= 11 is 0. The summed E-state index contributed by atoms with van der Waals surface area (Å²) in [6.45, 7) is 0. The molecule has 0 atom stereocenters. The third-order valence-electron chi connectivity index (χ3n) is 14.1. The summed E-state index contributed by atoms with van der Waals surface area (Å²) in [6.07, 6.45) is 0. The largest absolute Gasteiger partial charge is 0.310 e. The smallest absolute Gasteiger partial charge is 0.0726 e. The van der Waals surface area contributed by atoms with E-state index >= 15 is 0 Å². The SMILES string of the molecule is c1ccc(-c2ccc(-c3c(-c4ccc(N(c5ccc6c(c5)C5(c7ccccc7-c7ccccc75)c5ccccc5-6)c5ccccc5-c5ccccc5)cc4)ccc4ccccc34)cc2)cc1. The molecule has 0 fully saturated rings. The Balaban J connectivity index is 0.997. The van der Waals surface area contributed by atoms with Crippen molar-refractivity contribution < 1.29 is 0 Å². The lowest BCUT2D eigenvalue weighted by atomic mass is 9.70. The van der Waals surface area contributed by atoms with E-state index in [9.17, 15) is 0 Å². The molecule has 0 heterocycles. The predicted octanol–water partition coefficient (Wildman–Crippen LogP) is 17.3. The van der Waals surface area contributed by atoms with E-state index in [2.05, 4.69) is 266 Å². The second-order valence-corrected chi connectivity index (χ2v) is 17.5. The van der Waals surface area contributed by atoms with Gasteiger partial charge in [-0.2, -0.15) is 0 Å². The van der Waals surface area contributed by atoms with Gasteiger partial charge in [-0.05, 0) is 125 Å². The summed E-state index contributed by atoms with van der Waals surface area (Å²) in [6, 6.07) is 96.3. The highest BCUT2D eigenvalue weighted by molar-refractivity contribution is 6.05. The monoisotopic (exact) mass is 837 g/mol. The maximum atomic E-state index is 2.49. The first-order valence-corrected chi connectivity index (χ1v) is 22.9. The van der Waals surface area contributed by atoms with Gasteiger partial charge >= 0.3 is 0 Å². The predicted molar refractivity (Wildman–Crippen MR) is 277 cm³/mol. The van der Waals surface area contributed by atoms with Crippen LogP contribution in [0.4, 0.5) is 17.1 Å². The summed E-state index contributed by atoms with van der Waals surface area (Å²) < 4.78 is 0. The van der Waals surface area contributed by atoms with E-state index in [4.69, 9.17) is 0 Å². The molecule has 1 heteroatoms. The summed E-state index contributed by atoms with van der Waals surface area (Å²) in [5.41, 5.74) is 23.0. The molecule has 11 aromatic rings. The second kappa shape index (κ2) is 15.3. The van der Waals surface area contributed by atoms with Gasteiger partial charge in [0, 0.05) is 16.9 Å². The van der Waals surface area contributed by atoms with Crippen LogP contribution in [-0.4, -0.2) is 0 Å². The molecule has 0 aromatic heterocycles. The van der Waals surface area contributed by atoms with Crippen LogP contribution in [0, 0.1) is 0 Å². The number of benzene rings is 11. The summed E-state index contributed by atoms with van der Waals surface area (Å²) in [4.78, 5) is 2.47. The second-order valence-electron chi connectivity index (χ2n) is 17.5. The van der Waals surface area contributed by atoms with Crippen LogP contribution >= 0.6 is 0 Å². The van der Waals surface area contributed by atoms with Gasteiger partial charge in [0.15, 0.2) is 0 Å². The van der Waals surface area contributed by atoms with E-state index in [1.165, 1.54) is 99.8 Å². The topological polar surface area (TPSA) is 3.24 Å². The van der Waals surface area contributed by atoms with Crippen LogP contribution in [0.5, 0.6) is 0 Å². The Morgan fingerprint density at radius 1 is 0.258 bits per heavy atom. The average molecular weight is 838 g/mol. The molecule has 0 N–H and O–H groups in total. The molecule has 0 aliphatic heterocycles. The molecule has 1 nitrogen and oxygen atoms in total. The number of para-hydroxylation sites is 1. The molecule has 0 unspecified atom stereocenters. The third-order valence-corrected chi connectivity index (χ3v) is 14.1. The molecule has 0 bridgehead atoms. The Bertz CT molecular complexity index is 3560. The Kier molecular flexibility index (Phi) is 8.82. The highest BCUT2D eigenvalue weighted by Crippen LogP contribution is 2.63. The fourth-order valence-electron chi connectivity index (χ4n) is 11.3. The van der Waals surface area contributed by atoms with Gasteiger partial charge in [-0.15, -0.1) is 0 Å². The van der Waals surface area contributed by atoms with Crippen molar-refractivity contribution >= 4 is 27.8 Å². The maximum absolute atomic E-state index is 2.49. The molecule has 66 heavy (non-hydrogen) atoms. The molecule has 0 radical (unpaired) electrons. The number of hydrogen-bond donors (Lipinski definition) is 0. The molecule has 0 saturated heterocycles. The minimum absolute atomic E-state index is 0.449. The fraction of sp³-hybridized carbons (Fsp3) is 0.0154. The van der Waals surface area contributed by atoms with Gasteiger partial charge in [0.05, 0.1) is 11.1 Å². The summed E-state index contributed by atoms with van der Waals surface area (Å²) in [5.74, 6) is 0. The van der Waals surface area contributed by atoms with Gasteiger partial charge in [0.2, 0.25) is 0 Å². The number of hydrogen-bond acceptors (Lipinski definition) is 1. The molecule has 1 spiro atoms. The van der Waals surface area contributed by atoms with E-state index in [0.717, 1.165) is 17.1 Å². The first kappa shape index (κ1) is 38.0. The summed E-state index contributed by atoms with van der Waals surface area (Å²) in [7, 11) is 0. The minimum atomic E-state index is -0.449. The van der Waals surface area contributed by atoms with Crippen LogP contribution in [0.2, 0.25) is 0 Å². The number of rotatable bonds is 7. The lowest BCUT2D eigenvalue weighted by Gasteiger charge is -2.32. The van der Waals surface area contributed by atoms with E-state index < -0.39 is 5.41 Å². The Hall–Kier alpha value is -8.52. The zero-order valence-corrected chi connectivity index (χ0v) is 36.3. The number of nitrogens with zero attached hydrogens (tertiary/aromatic N) is 1. The van der Waals surface area contributed by atoms with Gasteiger partial charge in [0.1, 0.15) is 0 Å². The molecular weight excluding hydrogens is 795 g/mol. The van der Waals surface area contributed by atoms with Crippen LogP contribution in [-0.2, 0) is 5.41 Å². The van der Waals surface area contributed by atoms with Crippen molar-refractivity contribution in [3.63, 3.8) is 0 Å². The molecule has 308 valence electrons. The molecule has 13 rings (SSSR count). The highest BCUT2D eigenvalue weighted by atomic mass is 15.1. The third kappa shape index (κ3) is 5.80. The van der Waals surface area contributed by atoms with Gasteiger partial charge in [-0.25, -0.2) is 0 Å². The zero-order valence-electron chi connectivity index (χ0n) is 36.3. The molecule has 0 amide bonds. The number of fused-ring (bicyclic) bond motifs is 11. The lowest BCUT2D eigenvalue weighted by Crippen LogP contribution is -2.26. The van der Waals surface area contributed by atoms with E-state index in [1.54, 1.807) is 0 Å². The molecule has 2 aliphatic rings. The van der Waals surface area contributed by atoms with Crippen LogP contribution in [0.3, 0.4) is 0 Å². The minimum Gasteiger partial charge on any atom is -0.310 e. The van der Waals surface area contributed by atoms with Crippen molar-refractivity contribution in [2.75, 3.05) is 4.90 Å². The Morgan fingerprint density at radius 2 is 0.697 bits per heavy atom. The van der Waals surface area contributed by atoms with Gasteiger partial charge < -0.3 is 4.90 Å². The van der Waals surface area contributed by atoms with Crippen LogP contribution in [0.25, 0.3) is 77.5 Å². The Labute approximate surface area is 386 Å². The van der Waals surface area contributed by atoms with Crippen molar-refractivity contribution in [3.05, 3.63) is 283 Å². The van der Waals surface area contributed by atoms with E-state index in [-0.39, 0.29) is 0 Å². The van der Waals surface area contributed by atoms with Crippen LogP contribution < -0.4 is 4.90 Å². The van der Waals surface area contributed by atoms with Crippen molar-refractivity contribution in [2.45, 2.75) is 5.41 Å². The van der Waals surface area contributed by atoms with Crippen LogP contribution in [0.15, 0.2) is 261 Å². The standard InChI is InChI=1S/C65H43N/c1-3-17-44(18-4-1)45-31-33-49(34-32-45)64-53-23-8-7-21-47(53)37-41-54(64)48-35-38-50(39-36-48)66(63-30-16-12-22-52(63)46-19-5-2-6-20-46)51-40-42-58-57-26-11-15-29-61(57)65(62(58)43-51)59-27-13-9-24-55(59)56-25-10-14-28-60(56)65/h1-43H. The summed E-state index contributed by atoms with van der Waals surface area (Å²) in [5, 5.41) is 2.47. The van der Waals surface area contributed by atoms with Crippen molar-refractivity contribution in [1.29, 1.82) is 0 Å². The molecular formula is C65H43N. The zero-order chi connectivity index (χ0) is 43.6. The molecule has 11 aromatic carbocycles. The van der Waals surface area contributed by atoms with Gasteiger partial charge in [-0.3, -0.25) is 0 Å². The van der Waals surface area contributed by atoms with Crippen molar-refractivity contribution in [1.82, 2.24) is 0 Å². The molecule has 0 saturated carbocycles. The van der Waals surface area contributed by atoms with Crippen LogP contribution in [0.1, 0.15) is 22.3 Å². The quantitative estimate of drug-likeness (QED) is 0.155.